The molecule has 49 heavy (non-hydrogen) atoms. The Hall–Kier alpha value is -6.57. The fourth-order valence-corrected chi connectivity index (χ4v) is 7.98. The van der Waals surface area contributed by atoms with Crippen LogP contribution < -0.4 is 0 Å². The monoisotopic (exact) mass is 627 g/mol. The summed E-state index contributed by atoms with van der Waals surface area (Å²) in [7, 11) is 0. The van der Waals surface area contributed by atoms with Gasteiger partial charge in [0.05, 0.1) is 45.4 Å². The molecule has 0 N–H and O–H groups in total. The molecule has 0 atom stereocenters. The Labute approximate surface area is 282 Å². The van der Waals surface area contributed by atoms with Crippen molar-refractivity contribution in [3.05, 3.63) is 162 Å². The molecule has 4 nitrogen and oxygen atoms in total. The zero-order valence-electron chi connectivity index (χ0n) is 27.0. The van der Waals surface area contributed by atoms with Gasteiger partial charge in [-0.05, 0) is 74.0 Å². The lowest BCUT2D eigenvalue weighted by molar-refractivity contribution is 0.669. The number of nitrogens with zero attached hydrogens (tertiary/aromatic N) is 3. The minimum absolute atomic E-state index is 0.609. The zero-order chi connectivity index (χ0) is 32.8. The van der Waals surface area contributed by atoms with E-state index >= 15 is 0 Å². The van der Waals surface area contributed by atoms with Crippen molar-refractivity contribution in [3.63, 3.8) is 0 Å². The van der Waals surface area contributed by atoms with Crippen LogP contribution in [0.15, 0.2) is 144 Å². The van der Waals surface area contributed by atoms with Crippen molar-refractivity contribution in [2.24, 2.45) is 0 Å². The van der Waals surface area contributed by atoms with E-state index in [0.29, 0.717) is 5.69 Å². The summed E-state index contributed by atoms with van der Waals surface area (Å²) in [6, 6.07) is 49.2. The lowest BCUT2D eigenvalue weighted by Crippen LogP contribution is -2.02. The fourth-order valence-electron chi connectivity index (χ4n) is 7.98. The van der Waals surface area contributed by atoms with Gasteiger partial charge in [0.25, 0.3) is 0 Å². The summed E-state index contributed by atoms with van der Waals surface area (Å²) in [6.07, 6.45) is 0. The van der Waals surface area contributed by atoms with E-state index < -0.39 is 0 Å². The highest BCUT2D eigenvalue weighted by atomic mass is 16.3. The number of aryl methyl sites for hydroxylation is 2. The molecule has 0 spiro atoms. The summed E-state index contributed by atoms with van der Waals surface area (Å²) in [5, 5.41) is 6.93. The molecule has 0 fully saturated rings. The molecule has 3 aromatic heterocycles. The van der Waals surface area contributed by atoms with Crippen LogP contribution in [0.25, 0.3) is 92.9 Å². The second-order valence-corrected chi connectivity index (χ2v) is 13.0. The van der Waals surface area contributed by atoms with Gasteiger partial charge in [-0.1, -0.05) is 96.1 Å². The molecule has 4 heteroatoms. The Balaban J connectivity index is 1.36. The lowest BCUT2D eigenvalue weighted by atomic mass is 9.99. The first-order valence-corrected chi connectivity index (χ1v) is 16.6. The smallest absolute Gasteiger partial charge is 0.211 e. The molecular weight excluding hydrogens is 599 g/mol. The van der Waals surface area contributed by atoms with Crippen molar-refractivity contribution in [1.29, 1.82) is 0 Å². The average Bonchev–Trinajstić information content (AvgIpc) is 3.78. The Kier molecular flexibility index (Phi) is 5.74. The van der Waals surface area contributed by atoms with Crippen LogP contribution in [-0.2, 0) is 0 Å². The standard InChI is InChI=1S/C45H29N3O/c1-27-19-22-39-34(25-27)35-26-28(2)20-23-40(35)47(39)44-31(14-10-15-36(44)46-3)29-11-4-7-16-37(29)48-38-17-8-5-12-30(38)32-21-24-42-43(45(32)48)33-13-6-9-18-41(33)49-42/h4-26H,1-2H3. The Morgan fingerprint density at radius 2 is 1.16 bits per heavy atom. The highest BCUT2D eigenvalue weighted by molar-refractivity contribution is 6.24. The molecule has 7 aromatic carbocycles. The molecule has 0 aliphatic heterocycles. The van der Waals surface area contributed by atoms with Crippen molar-refractivity contribution in [3.8, 4) is 22.5 Å². The van der Waals surface area contributed by atoms with Crippen LogP contribution in [0.4, 0.5) is 5.69 Å². The molecule has 0 radical (unpaired) electrons. The highest BCUT2D eigenvalue weighted by Crippen LogP contribution is 2.46. The second-order valence-electron chi connectivity index (χ2n) is 13.0. The van der Waals surface area contributed by atoms with Gasteiger partial charge in [-0.3, -0.25) is 0 Å². The van der Waals surface area contributed by atoms with Gasteiger partial charge in [-0.2, -0.15) is 0 Å². The summed E-state index contributed by atoms with van der Waals surface area (Å²) in [5.74, 6) is 0. The van der Waals surface area contributed by atoms with E-state index in [1.54, 1.807) is 0 Å². The Bertz CT molecular complexity index is 2980. The van der Waals surface area contributed by atoms with E-state index in [0.717, 1.165) is 66.5 Å². The van der Waals surface area contributed by atoms with E-state index in [2.05, 4.69) is 143 Å². The third kappa shape index (κ3) is 3.85. The normalized spacial score (nSPS) is 11.9. The summed E-state index contributed by atoms with van der Waals surface area (Å²) in [5.41, 5.74) is 13.1. The average molecular weight is 628 g/mol. The molecule has 0 unspecified atom stereocenters. The quantitative estimate of drug-likeness (QED) is 0.179. The number of rotatable bonds is 3. The molecule has 0 aliphatic rings. The first kappa shape index (κ1) is 27.5. The van der Waals surface area contributed by atoms with Crippen molar-refractivity contribution < 1.29 is 4.42 Å². The van der Waals surface area contributed by atoms with Crippen LogP contribution in [0.5, 0.6) is 0 Å². The number of hydrogen-bond acceptors (Lipinski definition) is 1. The predicted molar refractivity (Wildman–Crippen MR) is 204 cm³/mol. The molecular formula is C45H29N3O. The van der Waals surface area contributed by atoms with Crippen molar-refractivity contribution in [1.82, 2.24) is 9.13 Å². The molecule has 10 aromatic rings. The van der Waals surface area contributed by atoms with Crippen LogP contribution in [0.1, 0.15) is 11.1 Å². The molecule has 0 saturated heterocycles. The molecule has 0 amide bonds. The second kappa shape index (κ2) is 10.2. The molecule has 0 bridgehead atoms. The van der Waals surface area contributed by atoms with E-state index in [4.69, 9.17) is 11.0 Å². The van der Waals surface area contributed by atoms with Crippen molar-refractivity contribution in [2.45, 2.75) is 13.8 Å². The van der Waals surface area contributed by atoms with Gasteiger partial charge in [0, 0.05) is 32.5 Å². The highest BCUT2D eigenvalue weighted by Gasteiger charge is 2.24. The Morgan fingerprint density at radius 3 is 1.94 bits per heavy atom. The number of aromatic nitrogens is 2. The largest absolute Gasteiger partial charge is 0.456 e. The topological polar surface area (TPSA) is 27.4 Å². The van der Waals surface area contributed by atoms with Crippen LogP contribution in [0.3, 0.4) is 0 Å². The minimum Gasteiger partial charge on any atom is -0.456 e. The van der Waals surface area contributed by atoms with Gasteiger partial charge >= 0.3 is 0 Å². The first-order valence-electron chi connectivity index (χ1n) is 16.6. The van der Waals surface area contributed by atoms with E-state index in [9.17, 15) is 0 Å². The number of hydrogen-bond donors (Lipinski definition) is 0. The first-order chi connectivity index (χ1) is 24.1. The number of para-hydroxylation sites is 4. The maximum atomic E-state index is 8.38. The van der Waals surface area contributed by atoms with Crippen molar-refractivity contribution >= 4 is 71.2 Å². The van der Waals surface area contributed by atoms with Crippen LogP contribution in [0.2, 0.25) is 0 Å². The summed E-state index contributed by atoms with van der Waals surface area (Å²) >= 11 is 0. The Morgan fingerprint density at radius 1 is 0.510 bits per heavy atom. The van der Waals surface area contributed by atoms with Gasteiger partial charge in [-0.15, -0.1) is 0 Å². The predicted octanol–water partition coefficient (Wildman–Crippen LogP) is 12.6. The van der Waals surface area contributed by atoms with E-state index in [1.807, 2.05) is 24.3 Å². The zero-order valence-corrected chi connectivity index (χ0v) is 27.0. The number of fused-ring (bicyclic) bond motifs is 10. The van der Waals surface area contributed by atoms with Gasteiger partial charge in [0.2, 0.25) is 5.69 Å². The third-order valence-electron chi connectivity index (χ3n) is 10.0. The third-order valence-corrected chi connectivity index (χ3v) is 10.0. The lowest BCUT2D eigenvalue weighted by Gasteiger charge is -2.20. The van der Waals surface area contributed by atoms with Gasteiger partial charge in [-0.25, -0.2) is 4.85 Å². The summed E-state index contributed by atoms with van der Waals surface area (Å²) in [6.45, 7) is 12.7. The van der Waals surface area contributed by atoms with Crippen LogP contribution in [-0.4, -0.2) is 9.13 Å². The van der Waals surface area contributed by atoms with E-state index in [-0.39, 0.29) is 0 Å². The molecule has 3 heterocycles. The van der Waals surface area contributed by atoms with Gasteiger partial charge in [0.15, 0.2) is 0 Å². The van der Waals surface area contributed by atoms with Gasteiger partial charge < -0.3 is 13.6 Å². The van der Waals surface area contributed by atoms with Crippen molar-refractivity contribution in [2.75, 3.05) is 0 Å². The summed E-state index contributed by atoms with van der Waals surface area (Å²) in [4.78, 5) is 4.13. The number of furan rings is 1. The van der Waals surface area contributed by atoms with Crippen LogP contribution in [0, 0.1) is 20.4 Å². The SMILES string of the molecule is [C-]#[N+]c1cccc(-c2ccccc2-n2c3ccccc3c3ccc4oc5ccccc5c4c32)c1-n1c2ccc(C)cc2c2cc(C)ccc21. The van der Waals surface area contributed by atoms with E-state index in [1.165, 1.54) is 32.7 Å². The summed E-state index contributed by atoms with van der Waals surface area (Å²) < 4.78 is 11.1. The molecule has 10 rings (SSSR count). The molecule has 0 aliphatic carbocycles. The number of benzene rings is 7. The maximum Gasteiger partial charge on any atom is 0.211 e. The van der Waals surface area contributed by atoms with Crippen LogP contribution >= 0.6 is 0 Å². The minimum atomic E-state index is 0.609. The van der Waals surface area contributed by atoms with Gasteiger partial charge in [0.1, 0.15) is 11.2 Å². The maximum absolute atomic E-state index is 8.38. The molecule has 0 saturated carbocycles. The fraction of sp³-hybridized carbons (Fsp3) is 0.0444. The molecule has 230 valence electrons.